The molecule has 3 aromatic rings. The van der Waals surface area contributed by atoms with Crippen LogP contribution in [-0.4, -0.2) is 32.4 Å². The summed E-state index contributed by atoms with van der Waals surface area (Å²) in [5, 5.41) is 2.69. The number of benzene rings is 3. The highest BCUT2D eigenvalue weighted by atomic mass is 28.4. The Balaban J connectivity index is 1.70. The molecule has 32 heavy (non-hydrogen) atoms. The summed E-state index contributed by atoms with van der Waals surface area (Å²) >= 11 is 0. The maximum absolute atomic E-state index is 7.41. The maximum atomic E-state index is 7.41. The van der Waals surface area contributed by atoms with Crippen LogP contribution in [0.5, 0.6) is 0 Å². The van der Waals surface area contributed by atoms with Crippen molar-refractivity contribution in [2.24, 2.45) is 0 Å². The molecule has 0 N–H and O–H groups in total. The molecule has 1 atom stereocenters. The van der Waals surface area contributed by atoms with E-state index >= 15 is 0 Å². The van der Waals surface area contributed by atoms with E-state index in [1.54, 1.807) is 0 Å². The van der Waals surface area contributed by atoms with E-state index in [-0.39, 0.29) is 11.1 Å². The van der Waals surface area contributed by atoms with Crippen LogP contribution in [0, 0.1) is 0 Å². The molecular weight excluding hydrogens is 406 g/mol. The third-order valence-corrected chi connectivity index (χ3v) is 11.5. The molecular formula is C29H35NOSi. The number of hydrogen-bond acceptors (Lipinski definition) is 2. The predicted octanol–water partition coefficient (Wildman–Crippen LogP) is 5.39. The first kappa shape index (κ1) is 22.7. The molecule has 0 fully saturated rings. The van der Waals surface area contributed by atoms with Crippen molar-refractivity contribution >= 4 is 18.7 Å². The summed E-state index contributed by atoms with van der Waals surface area (Å²) in [7, 11) is -2.54. The minimum atomic E-state index is -2.54. The Kier molecular flexibility index (Phi) is 7.09. The van der Waals surface area contributed by atoms with Crippen LogP contribution in [0.2, 0.25) is 5.04 Å². The molecule has 1 aliphatic rings. The van der Waals surface area contributed by atoms with Crippen molar-refractivity contribution in [1.82, 2.24) is 4.90 Å². The van der Waals surface area contributed by atoms with E-state index < -0.39 is 8.32 Å². The number of hydrogen-bond donors (Lipinski definition) is 0. The Morgan fingerprint density at radius 2 is 1.31 bits per heavy atom. The van der Waals surface area contributed by atoms with E-state index in [0.717, 1.165) is 26.1 Å². The van der Waals surface area contributed by atoms with Crippen molar-refractivity contribution in [2.75, 3.05) is 13.1 Å². The van der Waals surface area contributed by atoms with Gasteiger partial charge < -0.3 is 4.43 Å². The van der Waals surface area contributed by atoms with Crippen molar-refractivity contribution in [3.63, 3.8) is 0 Å². The lowest BCUT2D eigenvalue weighted by atomic mass is 10.2. The van der Waals surface area contributed by atoms with Crippen LogP contribution < -0.4 is 10.4 Å². The summed E-state index contributed by atoms with van der Waals surface area (Å²) in [5.41, 5.74) is 1.35. The van der Waals surface area contributed by atoms with Crippen LogP contribution in [0.25, 0.3) is 0 Å². The van der Waals surface area contributed by atoms with Gasteiger partial charge in [0.25, 0.3) is 8.32 Å². The lowest BCUT2D eigenvalue weighted by Crippen LogP contribution is -2.68. The minimum absolute atomic E-state index is 0.00398. The zero-order valence-corrected chi connectivity index (χ0v) is 20.6. The topological polar surface area (TPSA) is 12.5 Å². The van der Waals surface area contributed by atoms with E-state index in [4.69, 9.17) is 4.43 Å². The third kappa shape index (κ3) is 4.96. The average Bonchev–Trinajstić information content (AvgIpc) is 3.03. The van der Waals surface area contributed by atoms with Crippen molar-refractivity contribution in [3.8, 4) is 0 Å². The van der Waals surface area contributed by atoms with Gasteiger partial charge >= 0.3 is 0 Å². The van der Waals surface area contributed by atoms with Gasteiger partial charge in [0.15, 0.2) is 0 Å². The van der Waals surface area contributed by atoms with Gasteiger partial charge in [0.05, 0.1) is 6.10 Å². The molecule has 3 heteroatoms. The maximum Gasteiger partial charge on any atom is 0.261 e. The van der Waals surface area contributed by atoms with E-state index in [1.807, 2.05) is 0 Å². The van der Waals surface area contributed by atoms with Crippen molar-refractivity contribution in [1.29, 1.82) is 0 Å². The molecule has 1 heterocycles. The second kappa shape index (κ2) is 9.99. The summed E-state index contributed by atoms with van der Waals surface area (Å²) in [5.74, 6) is 0. The first-order valence-corrected chi connectivity index (χ1v) is 13.6. The minimum Gasteiger partial charge on any atom is -0.403 e. The summed E-state index contributed by atoms with van der Waals surface area (Å²) in [6.45, 7) is 9.92. The van der Waals surface area contributed by atoms with Crippen LogP contribution in [0.3, 0.4) is 0 Å². The van der Waals surface area contributed by atoms with Gasteiger partial charge in [0.2, 0.25) is 0 Å². The van der Waals surface area contributed by atoms with Crippen LogP contribution in [0.1, 0.15) is 32.8 Å². The molecule has 0 aliphatic carbocycles. The second-order valence-corrected chi connectivity index (χ2v) is 14.0. The van der Waals surface area contributed by atoms with Gasteiger partial charge in [0, 0.05) is 19.6 Å². The van der Waals surface area contributed by atoms with Gasteiger partial charge in [-0.05, 0) is 27.4 Å². The van der Waals surface area contributed by atoms with Crippen molar-refractivity contribution < 1.29 is 4.43 Å². The van der Waals surface area contributed by atoms with Gasteiger partial charge in [0.1, 0.15) is 0 Å². The van der Waals surface area contributed by atoms with Crippen molar-refractivity contribution in [3.05, 3.63) is 109 Å². The third-order valence-electron chi connectivity index (χ3n) is 6.40. The second-order valence-electron chi connectivity index (χ2n) is 9.79. The van der Waals surface area contributed by atoms with Crippen LogP contribution in [-0.2, 0) is 11.0 Å². The van der Waals surface area contributed by atoms with E-state index in [1.165, 1.54) is 15.9 Å². The fraction of sp³-hybridized carbons (Fsp3) is 0.310. The fourth-order valence-electron chi connectivity index (χ4n) is 4.91. The smallest absolute Gasteiger partial charge is 0.261 e. The zero-order chi connectivity index (χ0) is 22.4. The lowest BCUT2D eigenvalue weighted by Gasteiger charge is -2.45. The first-order chi connectivity index (χ1) is 15.5. The van der Waals surface area contributed by atoms with Crippen LogP contribution in [0.4, 0.5) is 0 Å². The first-order valence-electron chi connectivity index (χ1n) is 11.7. The normalized spacial score (nSPS) is 17.8. The highest BCUT2D eigenvalue weighted by molar-refractivity contribution is 6.99. The van der Waals surface area contributed by atoms with E-state index in [9.17, 15) is 0 Å². The zero-order valence-electron chi connectivity index (χ0n) is 19.6. The quantitative estimate of drug-likeness (QED) is 0.375. The van der Waals surface area contributed by atoms with Gasteiger partial charge in [-0.1, -0.05) is 124 Å². The number of rotatable bonds is 6. The molecule has 0 aromatic heterocycles. The standard InChI is InChI=1S/C29H35NOSi/c1-29(2,3)32(27-18-9-5-10-19-27,28-20-11-6-12-21-28)31-26-17-13-14-22-30(24-26)23-25-15-7-4-8-16-25/h4-16,18-21,26H,17,22-24H2,1-3H3/t26-/m1/s1. The molecule has 0 amide bonds. The Hall–Kier alpha value is -2.46. The summed E-state index contributed by atoms with van der Waals surface area (Å²) in [4.78, 5) is 2.52. The fourth-order valence-corrected chi connectivity index (χ4v) is 9.59. The Morgan fingerprint density at radius 1 is 0.781 bits per heavy atom. The molecule has 0 bridgehead atoms. The van der Waals surface area contributed by atoms with Gasteiger partial charge in [-0.15, -0.1) is 0 Å². The number of nitrogens with zero attached hydrogens (tertiary/aromatic N) is 1. The summed E-state index contributed by atoms with van der Waals surface area (Å²) < 4.78 is 7.41. The van der Waals surface area contributed by atoms with Gasteiger partial charge in [-0.3, -0.25) is 4.90 Å². The summed E-state index contributed by atoms with van der Waals surface area (Å²) in [6, 6.07) is 32.7. The molecule has 0 saturated heterocycles. The Morgan fingerprint density at radius 3 is 1.84 bits per heavy atom. The van der Waals surface area contributed by atoms with Crippen molar-refractivity contribution in [2.45, 2.75) is 44.9 Å². The van der Waals surface area contributed by atoms with Crippen LogP contribution >= 0.6 is 0 Å². The lowest BCUT2D eigenvalue weighted by molar-refractivity contribution is 0.133. The molecule has 3 aromatic carbocycles. The largest absolute Gasteiger partial charge is 0.403 e. The van der Waals surface area contributed by atoms with Gasteiger partial charge in [-0.25, -0.2) is 0 Å². The molecule has 166 valence electrons. The Labute approximate surface area is 194 Å². The molecule has 1 aliphatic heterocycles. The predicted molar refractivity (Wildman–Crippen MR) is 138 cm³/mol. The molecule has 0 spiro atoms. The van der Waals surface area contributed by atoms with Crippen LogP contribution in [0.15, 0.2) is 103 Å². The highest BCUT2D eigenvalue weighted by Gasteiger charge is 2.51. The molecule has 4 rings (SSSR count). The summed E-state index contributed by atoms with van der Waals surface area (Å²) in [6.07, 6.45) is 5.73. The Bertz CT molecular complexity index is 956. The SMILES string of the molecule is CC(C)(C)[Si](O[C@@H]1CC=CCN(Cc2ccccc2)C1)(c1ccccc1)c1ccccc1. The highest BCUT2D eigenvalue weighted by Crippen LogP contribution is 2.38. The molecule has 2 nitrogen and oxygen atoms in total. The van der Waals surface area contributed by atoms with Gasteiger partial charge in [-0.2, -0.15) is 0 Å². The molecule has 0 unspecified atom stereocenters. The molecule has 0 radical (unpaired) electrons. The van der Waals surface area contributed by atoms with E-state index in [2.05, 4.69) is 129 Å². The monoisotopic (exact) mass is 441 g/mol. The average molecular weight is 442 g/mol. The molecule has 0 saturated carbocycles. The van der Waals surface area contributed by atoms with E-state index in [0.29, 0.717) is 0 Å².